The van der Waals surface area contributed by atoms with E-state index in [0.717, 1.165) is 11.8 Å². The molecule has 1 atom stereocenters. The number of hydrogen-bond acceptors (Lipinski definition) is 6. The predicted octanol–water partition coefficient (Wildman–Crippen LogP) is 0.0532. The van der Waals surface area contributed by atoms with E-state index in [1.165, 1.54) is 4.31 Å². The van der Waals surface area contributed by atoms with Gasteiger partial charge in [-0.1, -0.05) is 18.2 Å². The van der Waals surface area contributed by atoms with E-state index in [1.807, 2.05) is 24.3 Å². The molecule has 0 bridgehead atoms. The van der Waals surface area contributed by atoms with E-state index in [-0.39, 0.29) is 31.3 Å². The third-order valence-electron chi connectivity index (χ3n) is 5.64. The summed E-state index contributed by atoms with van der Waals surface area (Å²) in [5, 5.41) is 5.70. The van der Waals surface area contributed by atoms with Crippen LogP contribution in [0.15, 0.2) is 24.3 Å². The van der Waals surface area contributed by atoms with Crippen LogP contribution < -0.4 is 15.4 Å². The van der Waals surface area contributed by atoms with Crippen molar-refractivity contribution in [1.29, 1.82) is 0 Å². The normalized spacial score (nSPS) is 22.2. The van der Waals surface area contributed by atoms with Gasteiger partial charge in [0.25, 0.3) is 0 Å². The van der Waals surface area contributed by atoms with Crippen LogP contribution in [0.3, 0.4) is 0 Å². The molecule has 0 radical (unpaired) electrons. The summed E-state index contributed by atoms with van der Waals surface area (Å²) in [4.78, 5) is 25.4. The number of para-hydroxylation sites is 1. The summed E-state index contributed by atoms with van der Waals surface area (Å²) >= 11 is 0. The first-order valence-electron chi connectivity index (χ1n) is 9.99. The van der Waals surface area contributed by atoms with Crippen molar-refractivity contribution in [2.24, 2.45) is 0 Å². The first kappa shape index (κ1) is 22.5. The second kappa shape index (κ2) is 9.32. The summed E-state index contributed by atoms with van der Waals surface area (Å²) < 4.78 is 36.6. The largest absolute Gasteiger partial charge is 0.496 e. The maximum absolute atomic E-state index is 12.9. The minimum absolute atomic E-state index is 0.0896. The lowest BCUT2D eigenvalue weighted by Crippen LogP contribution is -2.58. The fourth-order valence-electron chi connectivity index (χ4n) is 3.91. The Bertz CT molecular complexity index is 882. The molecule has 2 aliphatic heterocycles. The molecular formula is C20H29N3O6S. The molecular weight excluding hydrogens is 410 g/mol. The molecule has 2 amide bonds. The van der Waals surface area contributed by atoms with Crippen LogP contribution in [-0.4, -0.2) is 75.8 Å². The zero-order valence-electron chi connectivity index (χ0n) is 17.3. The molecule has 1 unspecified atom stereocenters. The minimum atomic E-state index is -3.55. The molecule has 2 heterocycles. The number of benzene rings is 1. The summed E-state index contributed by atoms with van der Waals surface area (Å²) in [7, 11) is -1.98. The third-order valence-corrected chi connectivity index (χ3v) is 6.85. The van der Waals surface area contributed by atoms with E-state index in [1.54, 1.807) is 7.11 Å². The number of nitrogens with one attached hydrogen (secondary N) is 2. The van der Waals surface area contributed by atoms with Gasteiger partial charge >= 0.3 is 0 Å². The summed E-state index contributed by atoms with van der Waals surface area (Å²) in [6.07, 6.45) is 2.78. The standard InChI is InChI=1S/C20H29N3O6S/c1-28-17-6-4-3-5-15(17)7-8-18(24)21-16-13-23(30(2,26)27)14-20(22-19(16)25)9-11-29-12-10-20/h3-6,16H,7-14H2,1-2H3,(H,21,24)(H,22,25). The molecule has 0 aliphatic carbocycles. The zero-order chi connectivity index (χ0) is 21.8. The number of aryl methyl sites for hydroxylation is 1. The molecule has 3 rings (SSSR count). The highest BCUT2D eigenvalue weighted by atomic mass is 32.2. The van der Waals surface area contributed by atoms with Gasteiger partial charge in [-0.2, -0.15) is 4.31 Å². The second-order valence-corrected chi connectivity index (χ2v) is 9.85. The highest BCUT2D eigenvalue weighted by molar-refractivity contribution is 7.88. The van der Waals surface area contributed by atoms with Crippen LogP contribution in [0.2, 0.25) is 0 Å². The molecule has 0 saturated carbocycles. The van der Waals surface area contributed by atoms with Crippen molar-refractivity contribution in [3.63, 3.8) is 0 Å². The van der Waals surface area contributed by atoms with Crippen LogP contribution >= 0.6 is 0 Å². The van der Waals surface area contributed by atoms with E-state index < -0.39 is 21.6 Å². The van der Waals surface area contributed by atoms with Gasteiger partial charge in [0, 0.05) is 32.7 Å². The van der Waals surface area contributed by atoms with Crippen molar-refractivity contribution < 1.29 is 27.5 Å². The molecule has 1 aromatic carbocycles. The molecule has 166 valence electrons. The van der Waals surface area contributed by atoms with Crippen molar-refractivity contribution in [3.05, 3.63) is 29.8 Å². The zero-order valence-corrected chi connectivity index (χ0v) is 18.2. The van der Waals surface area contributed by atoms with Crippen LogP contribution in [0.1, 0.15) is 24.8 Å². The molecule has 2 fully saturated rings. The molecule has 2 aliphatic rings. The number of nitrogens with zero attached hydrogens (tertiary/aromatic N) is 1. The Kier molecular flexibility index (Phi) is 6.99. The summed E-state index contributed by atoms with van der Waals surface area (Å²) in [5.74, 6) is 0.00773. The van der Waals surface area contributed by atoms with Crippen molar-refractivity contribution in [3.8, 4) is 5.75 Å². The van der Waals surface area contributed by atoms with Crippen LogP contribution in [0.25, 0.3) is 0 Å². The molecule has 10 heteroatoms. The van der Waals surface area contributed by atoms with Gasteiger partial charge in [-0.25, -0.2) is 8.42 Å². The van der Waals surface area contributed by atoms with E-state index in [0.29, 0.717) is 38.2 Å². The van der Waals surface area contributed by atoms with Crippen LogP contribution in [0.4, 0.5) is 0 Å². The number of amides is 2. The van der Waals surface area contributed by atoms with Gasteiger partial charge in [-0.3, -0.25) is 9.59 Å². The Balaban J connectivity index is 1.69. The quantitative estimate of drug-likeness (QED) is 0.648. The van der Waals surface area contributed by atoms with Gasteiger partial charge in [0.1, 0.15) is 11.8 Å². The van der Waals surface area contributed by atoms with Gasteiger partial charge in [0.05, 0.1) is 18.9 Å². The highest BCUT2D eigenvalue weighted by Gasteiger charge is 2.43. The van der Waals surface area contributed by atoms with E-state index >= 15 is 0 Å². The average Bonchev–Trinajstić information content (AvgIpc) is 2.83. The number of sulfonamides is 1. The Morgan fingerprint density at radius 3 is 2.70 bits per heavy atom. The molecule has 2 N–H and O–H groups in total. The lowest BCUT2D eigenvalue weighted by atomic mass is 9.90. The topological polar surface area (TPSA) is 114 Å². The highest BCUT2D eigenvalue weighted by Crippen LogP contribution is 2.26. The fourth-order valence-corrected chi connectivity index (χ4v) is 4.81. The van der Waals surface area contributed by atoms with E-state index in [4.69, 9.17) is 9.47 Å². The second-order valence-electron chi connectivity index (χ2n) is 7.87. The van der Waals surface area contributed by atoms with Gasteiger partial charge in [-0.15, -0.1) is 0 Å². The number of rotatable bonds is 6. The van der Waals surface area contributed by atoms with Gasteiger partial charge in [-0.05, 0) is 30.9 Å². The maximum Gasteiger partial charge on any atom is 0.244 e. The summed E-state index contributed by atoms with van der Waals surface area (Å²) in [6, 6.07) is 6.47. The summed E-state index contributed by atoms with van der Waals surface area (Å²) in [5.41, 5.74) is 0.217. The smallest absolute Gasteiger partial charge is 0.244 e. The van der Waals surface area contributed by atoms with Crippen molar-refractivity contribution in [2.75, 3.05) is 39.7 Å². The predicted molar refractivity (Wildman–Crippen MR) is 111 cm³/mol. The Hall–Kier alpha value is -2.17. The first-order valence-corrected chi connectivity index (χ1v) is 11.8. The van der Waals surface area contributed by atoms with Gasteiger partial charge in [0.2, 0.25) is 21.8 Å². The molecule has 2 saturated heterocycles. The van der Waals surface area contributed by atoms with Gasteiger partial charge < -0.3 is 20.1 Å². The van der Waals surface area contributed by atoms with Crippen LogP contribution in [0, 0.1) is 0 Å². The lowest BCUT2D eigenvalue weighted by Gasteiger charge is -2.38. The number of ether oxygens (including phenoxy) is 2. The minimum Gasteiger partial charge on any atom is -0.496 e. The van der Waals surface area contributed by atoms with Crippen molar-refractivity contribution >= 4 is 21.8 Å². The number of carbonyl (C=O) groups excluding carboxylic acids is 2. The van der Waals surface area contributed by atoms with Crippen LogP contribution in [-0.2, 0) is 30.8 Å². The monoisotopic (exact) mass is 439 g/mol. The maximum atomic E-state index is 12.9. The summed E-state index contributed by atoms with van der Waals surface area (Å²) in [6.45, 7) is 0.990. The Morgan fingerprint density at radius 1 is 1.33 bits per heavy atom. The Morgan fingerprint density at radius 2 is 2.03 bits per heavy atom. The van der Waals surface area contributed by atoms with Crippen LogP contribution in [0.5, 0.6) is 5.75 Å². The lowest BCUT2D eigenvalue weighted by molar-refractivity contribution is -0.130. The van der Waals surface area contributed by atoms with Crippen molar-refractivity contribution in [2.45, 2.75) is 37.3 Å². The first-order chi connectivity index (χ1) is 14.2. The molecule has 1 aromatic rings. The Labute approximate surface area is 177 Å². The fraction of sp³-hybridized carbons (Fsp3) is 0.600. The SMILES string of the molecule is COc1ccccc1CCC(=O)NC1CN(S(C)(=O)=O)CC2(CCOCC2)NC1=O. The van der Waals surface area contributed by atoms with E-state index in [2.05, 4.69) is 10.6 Å². The number of methoxy groups -OCH3 is 1. The molecule has 9 nitrogen and oxygen atoms in total. The number of carbonyl (C=O) groups is 2. The molecule has 30 heavy (non-hydrogen) atoms. The van der Waals surface area contributed by atoms with Gasteiger partial charge in [0.15, 0.2) is 0 Å². The van der Waals surface area contributed by atoms with Crippen molar-refractivity contribution in [1.82, 2.24) is 14.9 Å². The third kappa shape index (κ3) is 5.50. The van der Waals surface area contributed by atoms with E-state index in [9.17, 15) is 18.0 Å². The number of hydrogen-bond donors (Lipinski definition) is 2. The molecule has 1 spiro atoms. The molecule has 0 aromatic heterocycles. The average molecular weight is 440 g/mol.